The van der Waals surface area contributed by atoms with Crippen molar-refractivity contribution in [2.24, 2.45) is 5.92 Å². The molecule has 4 aromatic rings. The van der Waals surface area contributed by atoms with Gasteiger partial charge in [0.15, 0.2) is 0 Å². The summed E-state index contributed by atoms with van der Waals surface area (Å²) in [6.07, 6.45) is 4.53. The van der Waals surface area contributed by atoms with E-state index in [2.05, 4.69) is 9.71 Å². The highest BCUT2D eigenvalue weighted by atomic mass is 35.5. The standard InChI is InChI=1S/C29H30ClN3O3S/c1-20(2)15-16-37(35,36)32-29(34)24-13-14-27-28(18-24)33(21(3)31-27)19-25-12-11-23(17-26(25)30)10-9-22-7-5-4-6-8-22/h4-14,17-18,20H,15-16,19H2,1-3H3,(H,32,34)/b10-9+. The SMILES string of the molecule is Cc1nc2ccc(C(=O)NS(=O)(=O)CCC(C)C)cc2n1Cc1ccc(/C=C/c2ccccc2)cc1Cl. The van der Waals surface area contributed by atoms with E-state index in [1.165, 1.54) is 0 Å². The molecule has 4 rings (SSSR count). The molecular formula is C29H30ClN3O3S. The normalized spacial score (nSPS) is 12.0. The van der Waals surface area contributed by atoms with Crippen LogP contribution >= 0.6 is 11.6 Å². The highest BCUT2D eigenvalue weighted by Gasteiger charge is 2.18. The zero-order valence-corrected chi connectivity index (χ0v) is 22.7. The van der Waals surface area contributed by atoms with E-state index >= 15 is 0 Å². The molecule has 0 atom stereocenters. The first kappa shape index (κ1) is 26.6. The van der Waals surface area contributed by atoms with Gasteiger partial charge in [0.25, 0.3) is 5.91 Å². The molecule has 0 fully saturated rings. The minimum atomic E-state index is -3.71. The summed E-state index contributed by atoms with van der Waals surface area (Å²) in [5.41, 5.74) is 4.71. The van der Waals surface area contributed by atoms with E-state index in [-0.39, 0.29) is 17.2 Å². The van der Waals surface area contributed by atoms with Crippen molar-refractivity contribution < 1.29 is 13.2 Å². The number of amides is 1. The minimum absolute atomic E-state index is 0.0925. The van der Waals surface area contributed by atoms with Crippen molar-refractivity contribution >= 4 is 50.7 Å². The summed E-state index contributed by atoms with van der Waals surface area (Å²) in [6.45, 7) is 6.23. The Kier molecular flexibility index (Phi) is 8.15. The van der Waals surface area contributed by atoms with Crippen molar-refractivity contribution in [2.75, 3.05) is 5.75 Å². The second-order valence-corrected chi connectivity index (χ2v) is 11.7. The second kappa shape index (κ2) is 11.3. The lowest BCUT2D eigenvalue weighted by atomic mass is 10.1. The zero-order chi connectivity index (χ0) is 26.6. The van der Waals surface area contributed by atoms with Crippen molar-refractivity contribution in [1.29, 1.82) is 0 Å². The van der Waals surface area contributed by atoms with Crippen molar-refractivity contribution in [3.05, 3.63) is 99.8 Å². The summed E-state index contributed by atoms with van der Waals surface area (Å²) in [7, 11) is -3.71. The summed E-state index contributed by atoms with van der Waals surface area (Å²) >= 11 is 6.64. The number of imidazole rings is 1. The van der Waals surface area contributed by atoms with E-state index in [1.807, 2.05) is 86.0 Å². The van der Waals surface area contributed by atoms with Crippen molar-refractivity contribution in [2.45, 2.75) is 33.7 Å². The molecule has 1 amide bonds. The fraction of sp³-hybridized carbons (Fsp3) is 0.241. The first-order chi connectivity index (χ1) is 17.6. The molecule has 8 heteroatoms. The Morgan fingerprint density at radius 3 is 2.46 bits per heavy atom. The molecule has 0 aliphatic heterocycles. The summed E-state index contributed by atoms with van der Waals surface area (Å²) in [5.74, 6) is 0.246. The van der Waals surface area contributed by atoms with Gasteiger partial charge in [-0.15, -0.1) is 0 Å². The summed E-state index contributed by atoms with van der Waals surface area (Å²) in [4.78, 5) is 17.3. The number of benzene rings is 3. The van der Waals surface area contributed by atoms with Crippen LogP contribution < -0.4 is 4.72 Å². The van der Waals surface area contributed by atoms with Crippen LogP contribution in [0.25, 0.3) is 23.2 Å². The smallest absolute Gasteiger partial charge is 0.264 e. The lowest BCUT2D eigenvalue weighted by molar-refractivity contribution is 0.0981. The van der Waals surface area contributed by atoms with Gasteiger partial charge in [-0.05, 0) is 60.2 Å². The third kappa shape index (κ3) is 6.87. The Balaban J connectivity index is 1.55. The van der Waals surface area contributed by atoms with Gasteiger partial charge in [0, 0.05) is 10.6 Å². The van der Waals surface area contributed by atoms with Crippen molar-refractivity contribution in [1.82, 2.24) is 14.3 Å². The molecule has 1 N–H and O–H groups in total. The van der Waals surface area contributed by atoms with Gasteiger partial charge < -0.3 is 4.57 Å². The van der Waals surface area contributed by atoms with Crippen LogP contribution in [0.1, 0.15) is 53.1 Å². The number of hydrogen-bond acceptors (Lipinski definition) is 4. The van der Waals surface area contributed by atoms with E-state index in [0.29, 0.717) is 18.0 Å². The number of sulfonamides is 1. The summed E-state index contributed by atoms with van der Waals surface area (Å²) in [6, 6.07) is 21.0. The molecule has 0 bridgehead atoms. The van der Waals surface area contributed by atoms with Crippen LogP contribution in [-0.4, -0.2) is 29.6 Å². The molecule has 3 aromatic carbocycles. The Labute approximate surface area is 223 Å². The van der Waals surface area contributed by atoms with Gasteiger partial charge in [0.2, 0.25) is 10.0 Å². The molecule has 37 heavy (non-hydrogen) atoms. The Bertz CT molecular complexity index is 1560. The maximum Gasteiger partial charge on any atom is 0.264 e. The van der Waals surface area contributed by atoms with Crippen molar-refractivity contribution in [3.63, 3.8) is 0 Å². The third-order valence-corrected chi connectivity index (χ3v) is 7.71. The predicted octanol–water partition coefficient (Wildman–Crippen LogP) is 6.32. The van der Waals surface area contributed by atoms with Crippen LogP contribution in [0, 0.1) is 12.8 Å². The monoisotopic (exact) mass is 535 g/mol. The third-order valence-electron chi connectivity index (χ3n) is 6.09. The average Bonchev–Trinajstić information content (AvgIpc) is 3.17. The van der Waals surface area contributed by atoms with Gasteiger partial charge >= 0.3 is 0 Å². The fourth-order valence-electron chi connectivity index (χ4n) is 3.95. The number of nitrogens with zero attached hydrogens (tertiary/aromatic N) is 2. The Hall–Kier alpha value is -3.42. The van der Waals surface area contributed by atoms with Crippen LogP contribution in [0.2, 0.25) is 5.02 Å². The molecule has 1 heterocycles. The predicted molar refractivity (Wildman–Crippen MR) is 151 cm³/mol. The molecule has 0 spiro atoms. The highest BCUT2D eigenvalue weighted by Crippen LogP contribution is 2.24. The molecule has 0 aliphatic carbocycles. The highest BCUT2D eigenvalue weighted by molar-refractivity contribution is 7.90. The number of carbonyl (C=O) groups is 1. The molecule has 192 valence electrons. The van der Waals surface area contributed by atoms with Crippen LogP contribution in [0.15, 0.2) is 66.7 Å². The molecule has 0 unspecified atom stereocenters. The topological polar surface area (TPSA) is 81.1 Å². The summed E-state index contributed by atoms with van der Waals surface area (Å²) in [5, 5.41) is 0.626. The number of halogens is 1. The van der Waals surface area contributed by atoms with Gasteiger partial charge in [0.05, 0.1) is 23.3 Å². The lowest BCUT2D eigenvalue weighted by Gasteiger charge is -2.11. The van der Waals surface area contributed by atoms with E-state index in [4.69, 9.17) is 11.6 Å². The average molecular weight is 536 g/mol. The van der Waals surface area contributed by atoms with Gasteiger partial charge in [-0.2, -0.15) is 0 Å². The fourth-order valence-corrected chi connectivity index (χ4v) is 5.48. The van der Waals surface area contributed by atoms with Gasteiger partial charge in [-0.25, -0.2) is 18.1 Å². The first-order valence-electron chi connectivity index (χ1n) is 12.1. The van der Waals surface area contributed by atoms with Crippen molar-refractivity contribution in [3.8, 4) is 0 Å². The van der Waals surface area contributed by atoms with E-state index < -0.39 is 15.9 Å². The maximum atomic E-state index is 12.7. The largest absolute Gasteiger partial charge is 0.324 e. The number of aromatic nitrogens is 2. The summed E-state index contributed by atoms with van der Waals surface area (Å²) < 4.78 is 28.8. The maximum absolute atomic E-state index is 12.7. The minimum Gasteiger partial charge on any atom is -0.324 e. The lowest BCUT2D eigenvalue weighted by Crippen LogP contribution is -2.32. The Morgan fingerprint density at radius 1 is 1.03 bits per heavy atom. The number of carbonyl (C=O) groups excluding carboxylic acids is 1. The zero-order valence-electron chi connectivity index (χ0n) is 21.1. The number of fused-ring (bicyclic) bond motifs is 1. The number of hydrogen-bond donors (Lipinski definition) is 1. The van der Waals surface area contributed by atoms with Crippen LogP contribution in [0.3, 0.4) is 0 Å². The van der Waals surface area contributed by atoms with Crippen LogP contribution in [0.5, 0.6) is 0 Å². The van der Waals surface area contributed by atoms with Gasteiger partial charge in [-0.3, -0.25) is 4.79 Å². The van der Waals surface area contributed by atoms with E-state index in [1.54, 1.807) is 18.2 Å². The molecule has 0 saturated heterocycles. The van der Waals surface area contributed by atoms with Gasteiger partial charge in [0.1, 0.15) is 5.82 Å². The molecule has 0 radical (unpaired) electrons. The molecule has 0 saturated carbocycles. The number of rotatable bonds is 9. The van der Waals surface area contributed by atoms with Gasteiger partial charge in [-0.1, -0.05) is 80.1 Å². The number of nitrogens with one attached hydrogen (secondary N) is 1. The molecule has 1 aromatic heterocycles. The Morgan fingerprint density at radius 2 is 1.76 bits per heavy atom. The quantitative estimate of drug-likeness (QED) is 0.254. The van der Waals surface area contributed by atoms with Crippen LogP contribution in [-0.2, 0) is 16.6 Å². The molecular weight excluding hydrogens is 506 g/mol. The molecule has 0 aliphatic rings. The molecule has 6 nitrogen and oxygen atoms in total. The second-order valence-electron chi connectivity index (χ2n) is 9.48. The number of aryl methyl sites for hydroxylation is 1. The van der Waals surface area contributed by atoms with E-state index in [0.717, 1.165) is 33.5 Å². The van der Waals surface area contributed by atoms with Crippen LogP contribution in [0.4, 0.5) is 0 Å². The van der Waals surface area contributed by atoms with E-state index in [9.17, 15) is 13.2 Å². The first-order valence-corrected chi connectivity index (χ1v) is 14.2.